The van der Waals surface area contributed by atoms with Crippen molar-refractivity contribution in [1.82, 2.24) is 9.80 Å². The molecule has 2 aromatic carbocycles. The summed E-state index contributed by atoms with van der Waals surface area (Å²) in [7, 11) is 11.0. The monoisotopic (exact) mass is 484 g/mol. The van der Waals surface area contributed by atoms with Crippen molar-refractivity contribution in [3.05, 3.63) is 46.5 Å². The fraction of sp³-hybridized carbons (Fsp3) is 0.536. The highest BCUT2D eigenvalue weighted by Crippen LogP contribution is 2.42. The van der Waals surface area contributed by atoms with Crippen LogP contribution in [0.5, 0.6) is 23.0 Å². The molecule has 1 unspecified atom stereocenters. The Balaban J connectivity index is 1.45. The molecular weight excluding hydrogens is 444 g/mol. The van der Waals surface area contributed by atoms with E-state index in [1.54, 1.807) is 28.4 Å². The molecule has 0 radical (unpaired) electrons. The average Bonchev–Trinajstić information content (AvgIpc) is 2.85. The van der Waals surface area contributed by atoms with E-state index < -0.39 is 0 Å². The minimum atomic E-state index is 0.382. The van der Waals surface area contributed by atoms with Crippen LogP contribution in [0.3, 0.4) is 0 Å². The van der Waals surface area contributed by atoms with Gasteiger partial charge in [-0.1, -0.05) is 0 Å². The van der Waals surface area contributed by atoms with E-state index in [0.717, 1.165) is 74.4 Å². The zero-order valence-electron chi connectivity index (χ0n) is 22.1. The predicted molar refractivity (Wildman–Crippen MR) is 139 cm³/mol. The minimum Gasteiger partial charge on any atom is -0.493 e. The van der Waals surface area contributed by atoms with Crippen LogP contribution in [0, 0.1) is 0 Å². The molecule has 0 bridgehead atoms. The third-order valence-corrected chi connectivity index (χ3v) is 6.94. The van der Waals surface area contributed by atoms with Crippen LogP contribution in [0.15, 0.2) is 24.3 Å². The Morgan fingerprint density at radius 1 is 0.800 bits per heavy atom. The van der Waals surface area contributed by atoms with E-state index in [1.165, 1.54) is 11.1 Å². The number of benzene rings is 2. The summed E-state index contributed by atoms with van der Waals surface area (Å²) < 4.78 is 21.7. The molecule has 0 saturated carbocycles. The number of methoxy groups -OCH3 is 4. The van der Waals surface area contributed by atoms with Gasteiger partial charge >= 0.3 is 0 Å². The smallest absolute Gasteiger partial charge is 0.161 e. The van der Waals surface area contributed by atoms with Crippen LogP contribution in [-0.2, 0) is 24.1 Å². The van der Waals surface area contributed by atoms with Crippen LogP contribution >= 0.6 is 0 Å². The highest BCUT2D eigenvalue weighted by atomic mass is 16.5. The van der Waals surface area contributed by atoms with Gasteiger partial charge in [-0.2, -0.15) is 0 Å². The Labute approximate surface area is 209 Å². The normalized spacial score (nSPS) is 14.5. The number of carbonyl (C=O) groups is 1. The molecule has 2 aromatic rings. The molecule has 0 heterocycles. The van der Waals surface area contributed by atoms with Crippen LogP contribution in [0.4, 0.5) is 0 Å². The van der Waals surface area contributed by atoms with Crippen molar-refractivity contribution in [1.29, 1.82) is 0 Å². The average molecular weight is 485 g/mol. The summed E-state index contributed by atoms with van der Waals surface area (Å²) in [6, 6.07) is 8.16. The summed E-state index contributed by atoms with van der Waals surface area (Å²) in [6.07, 6.45) is 4.38. The molecule has 0 aromatic heterocycles. The zero-order chi connectivity index (χ0) is 25.4. The molecule has 0 spiro atoms. The number of fused-ring (bicyclic) bond motifs is 1. The number of ether oxygens (including phenoxy) is 4. The third kappa shape index (κ3) is 6.67. The van der Waals surface area contributed by atoms with Crippen molar-refractivity contribution in [2.24, 2.45) is 0 Å². The van der Waals surface area contributed by atoms with E-state index in [4.69, 9.17) is 18.9 Å². The molecule has 0 N–H and O–H groups in total. The first-order valence-corrected chi connectivity index (χ1v) is 12.2. The van der Waals surface area contributed by atoms with Crippen LogP contribution in [0.25, 0.3) is 0 Å². The first-order chi connectivity index (χ1) is 16.9. The maximum atomic E-state index is 11.2. The van der Waals surface area contributed by atoms with Gasteiger partial charge in [0.25, 0.3) is 0 Å². The molecule has 7 nitrogen and oxygen atoms in total. The van der Waals surface area contributed by atoms with E-state index in [1.807, 2.05) is 12.1 Å². The standard InChI is InChI=1S/C28H40N2O5/c1-29(12-8-20-15-25(32-3)26(33-4)16-21(20)9-13-31)10-7-11-30(2)19-23-14-22-17-27(34-5)28(35-6)18-24(22)23/h13,15-18,23H,7-12,14,19H2,1-6H3. The first-order valence-electron chi connectivity index (χ1n) is 12.2. The molecule has 0 fully saturated rings. The van der Waals surface area contributed by atoms with E-state index >= 15 is 0 Å². The topological polar surface area (TPSA) is 60.5 Å². The number of likely N-dealkylation sites (N-methyl/N-ethyl adjacent to an activating group) is 2. The Hall–Kier alpha value is -2.77. The first kappa shape index (κ1) is 26.8. The van der Waals surface area contributed by atoms with Gasteiger partial charge in [0.15, 0.2) is 23.0 Å². The summed E-state index contributed by atoms with van der Waals surface area (Å²) in [4.78, 5) is 15.9. The Morgan fingerprint density at radius 3 is 2.00 bits per heavy atom. The quantitative estimate of drug-likeness (QED) is 0.358. The van der Waals surface area contributed by atoms with Crippen LogP contribution in [0.1, 0.15) is 34.6 Å². The number of aldehydes is 1. The second-order valence-corrected chi connectivity index (χ2v) is 9.32. The highest BCUT2D eigenvalue weighted by molar-refractivity contribution is 5.59. The molecule has 0 amide bonds. The molecule has 35 heavy (non-hydrogen) atoms. The van der Waals surface area contributed by atoms with Gasteiger partial charge in [-0.05, 0) is 93.0 Å². The fourth-order valence-corrected chi connectivity index (χ4v) is 4.88. The van der Waals surface area contributed by atoms with Crippen LogP contribution < -0.4 is 18.9 Å². The lowest BCUT2D eigenvalue weighted by Gasteiger charge is -2.34. The molecule has 1 aliphatic rings. The van der Waals surface area contributed by atoms with Gasteiger partial charge in [0.05, 0.1) is 28.4 Å². The fourth-order valence-electron chi connectivity index (χ4n) is 4.88. The number of hydrogen-bond donors (Lipinski definition) is 0. The van der Waals surface area contributed by atoms with Crippen LogP contribution in [-0.4, -0.2) is 84.8 Å². The van der Waals surface area contributed by atoms with Gasteiger partial charge in [-0.25, -0.2) is 0 Å². The minimum absolute atomic E-state index is 0.382. The van der Waals surface area contributed by atoms with Crippen molar-refractivity contribution in [2.45, 2.75) is 31.6 Å². The number of nitrogens with zero attached hydrogens (tertiary/aromatic N) is 2. The van der Waals surface area contributed by atoms with Crippen molar-refractivity contribution in [3.63, 3.8) is 0 Å². The third-order valence-electron chi connectivity index (χ3n) is 6.94. The van der Waals surface area contributed by atoms with Gasteiger partial charge in [0.1, 0.15) is 6.29 Å². The molecule has 7 heteroatoms. The van der Waals surface area contributed by atoms with Gasteiger partial charge in [0.2, 0.25) is 0 Å². The van der Waals surface area contributed by atoms with Gasteiger partial charge in [-0.3, -0.25) is 0 Å². The second kappa shape index (κ2) is 12.8. The second-order valence-electron chi connectivity index (χ2n) is 9.32. The van der Waals surface area contributed by atoms with Crippen molar-refractivity contribution in [2.75, 3.05) is 68.7 Å². The summed E-state index contributed by atoms with van der Waals surface area (Å²) in [5.41, 5.74) is 4.88. The number of carbonyl (C=O) groups excluding carboxylic acids is 1. The van der Waals surface area contributed by atoms with E-state index in [2.05, 4.69) is 36.0 Å². The highest BCUT2D eigenvalue weighted by Gasteiger charge is 2.29. The molecule has 0 saturated heterocycles. The van der Waals surface area contributed by atoms with Crippen molar-refractivity contribution < 1.29 is 23.7 Å². The Morgan fingerprint density at radius 2 is 1.37 bits per heavy atom. The lowest BCUT2D eigenvalue weighted by atomic mass is 9.77. The molecule has 3 rings (SSSR count). The molecule has 192 valence electrons. The summed E-state index contributed by atoms with van der Waals surface area (Å²) in [6.45, 7) is 4.04. The largest absolute Gasteiger partial charge is 0.493 e. The maximum absolute atomic E-state index is 11.2. The van der Waals surface area contributed by atoms with Crippen molar-refractivity contribution >= 4 is 6.29 Å². The van der Waals surface area contributed by atoms with Gasteiger partial charge in [0, 0.05) is 25.4 Å². The van der Waals surface area contributed by atoms with Gasteiger partial charge in [-0.15, -0.1) is 0 Å². The van der Waals surface area contributed by atoms with Crippen LogP contribution in [0.2, 0.25) is 0 Å². The zero-order valence-corrected chi connectivity index (χ0v) is 22.1. The summed E-state index contributed by atoms with van der Waals surface area (Å²) >= 11 is 0. The van der Waals surface area contributed by atoms with E-state index in [-0.39, 0.29) is 0 Å². The molecular formula is C28H40N2O5. The van der Waals surface area contributed by atoms with E-state index in [0.29, 0.717) is 23.8 Å². The predicted octanol–water partition coefficient (Wildman–Crippen LogP) is 3.60. The lowest BCUT2D eigenvalue weighted by molar-refractivity contribution is -0.107. The van der Waals surface area contributed by atoms with E-state index in [9.17, 15) is 4.79 Å². The Kier molecular flexibility index (Phi) is 9.81. The summed E-state index contributed by atoms with van der Waals surface area (Å²) in [5.74, 6) is 3.54. The lowest BCUT2D eigenvalue weighted by Crippen LogP contribution is -2.33. The van der Waals surface area contributed by atoms with Gasteiger partial charge < -0.3 is 33.5 Å². The van der Waals surface area contributed by atoms with Crippen molar-refractivity contribution in [3.8, 4) is 23.0 Å². The summed E-state index contributed by atoms with van der Waals surface area (Å²) in [5, 5.41) is 0. The maximum Gasteiger partial charge on any atom is 0.161 e. The molecule has 1 atom stereocenters. The molecule has 1 aliphatic carbocycles. The number of hydrogen-bond acceptors (Lipinski definition) is 7. The number of rotatable bonds is 15. The molecule has 0 aliphatic heterocycles. The Bertz CT molecular complexity index is 994. The SMILES string of the molecule is COc1cc(CC=O)c(CCN(C)CCCN(C)CC2Cc3cc(OC)c(OC)cc32)cc1OC.